The molecule has 0 aromatic rings. The standard InChI is InChI=1S/C10H19N2O6P/c1-10(2,7-18-19(15,16)17)8(13)9(14)12(3)6-4-5-11/h8,13H,4,6-7H2,1-3H3,(H2,15,16,17)/t8-/m0/s1. The second-order valence-corrected chi connectivity index (χ2v) is 6.06. The maximum atomic E-state index is 11.8. The lowest BCUT2D eigenvalue weighted by molar-refractivity contribution is -0.146. The van der Waals surface area contributed by atoms with Crippen LogP contribution in [0.4, 0.5) is 0 Å². The van der Waals surface area contributed by atoms with Crippen LogP contribution in [0.5, 0.6) is 0 Å². The summed E-state index contributed by atoms with van der Waals surface area (Å²) in [6, 6.07) is 1.87. The number of likely N-dealkylation sites (N-methyl/N-ethyl adjacent to an activating group) is 1. The fraction of sp³-hybridized carbons (Fsp3) is 0.800. The number of aliphatic hydroxyl groups is 1. The van der Waals surface area contributed by atoms with Gasteiger partial charge < -0.3 is 19.8 Å². The number of hydrogen-bond donors (Lipinski definition) is 3. The van der Waals surface area contributed by atoms with E-state index in [2.05, 4.69) is 4.52 Å². The first-order valence-corrected chi connectivity index (χ1v) is 7.04. The number of nitrogens with zero attached hydrogens (tertiary/aromatic N) is 2. The summed E-state index contributed by atoms with van der Waals surface area (Å²) in [5.41, 5.74) is -1.17. The van der Waals surface area contributed by atoms with Gasteiger partial charge in [-0.05, 0) is 0 Å². The minimum atomic E-state index is -4.65. The number of nitriles is 1. The van der Waals surface area contributed by atoms with E-state index in [-0.39, 0.29) is 13.0 Å². The van der Waals surface area contributed by atoms with E-state index in [0.29, 0.717) is 0 Å². The van der Waals surface area contributed by atoms with Gasteiger partial charge in [-0.1, -0.05) is 13.8 Å². The normalized spacial score (nSPS) is 13.7. The largest absolute Gasteiger partial charge is 0.469 e. The third kappa shape index (κ3) is 6.66. The molecule has 0 aliphatic carbocycles. The van der Waals surface area contributed by atoms with Crippen LogP contribution < -0.4 is 0 Å². The first-order chi connectivity index (χ1) is 8.51. The molecule has 0 spiro atoms. The first kappa shape index (κ1) is 18.0. The number of amides is 1. The van der Waals surface area contributed by atoms with Crippen LogP contribution in [0.1, 0.15) is 20.3 Å². The predicted octanol–water partition coefficient (Wildman–Crippen LogP) is -0.145. The molecule has 0 aromatic heterocycles. The molecule has 0 aliphatic rings. The number of carbonyl (C=O) groups is 1. The summed E-state index contributed by atoms with van der Waals surface area (Å²) in [5, 5.41) is 18.3. The molecule has 19 heavy (non-hydrogen) atoms. The van der Waals surface area contributed by atoms with Gasteiger partial charge in [0.15, 0.2) is 0 Å². The molecule has 0 rings (SSSR count). The Hall–Kier alpha value is -0.970. The maximum absolute atomic E-state index is 11.8. The van der Waals surface area contributed by atoms with E-state index in [9.17, 15) is 14.5 Å². The van der Waals surface area contributed by atoms with Crippen LogP contribution in [-0.4, -0.2) is 52.0 Å². The van der Waals surface area contributed by atoms with E-state index >= 15 is 0 Å². The highest BCUT2D eigenvalue weighted by Crippen LogP contribution is 2.38. The van der Waals surface area contributed by atoms with E-state index in [1.54, 1.807) is 0 Å². The molecule has 1 atom stereocenters. The van der Waals surface area contributed by atoms with Crippen molar-refractivity contribution in [2.24, 2.45) is 5.41 Å². The van der Waals surface area contributed by atoms with E-state index in [1.165, 1.54) is 25.8 Å². The van der Waals surface area contributed by atoms with Gasteiger partial charge in [-0.3, -0.25) is 9.32 Å². The van der Waals surface area contributed by atoms with Crippen LogP contribution in [0.3, 0.4) is 0 Å². The molecule has 0 aliphatic heterocycles. The van der Waals surface area contributed by atoms with Crippen molar-refractivity contribution >= 4 is 13.7 Å². The van der Waals surface area contributed by atoms with Crippen LogP contribution in [0, 0.1) is 16.7 Å². The van der Waals surface area contributed by atoms with Crippen LogP contribution in [0.15, 0.2) is 0 Å². The van der Waals surface area contributed by atoms with Crippen molar-refractivity contribution in [2.45, 2.75) is 26.4 Å². The Morgan fingerprint density at radius 2 is 2.05 bits per heavy atom. The zero-order valence-corrected chi connectivity index (χ0v) is 12.0. The summed E-state index contributed by atoms with van der Waals surface area (Å²) in [6.07, 6.45) is -1.35. The van der Waals surface area contributed by atoms with Crippen molar-refractivity contribution in [1.82, 2.24) is 4.90 Å². The molecule has 0 fully saturated rings. The van der Waals surface area contributed by atoms with Gasteiger partial charge >= 0.3 is 7.82 Å². The molecular formula is C10H19N2O6P. The average molecular weight is 294 g/mol. The lowest BCUT2D eigenvalue weighted by Crippen LogP contribution is -2.46. The Morgan fingerprint density at radius 3 is 2.47 bits per heavy atom. The lowest BCUT2D eigenvalue weighted by atomic mass is 9.87. The van der Waals surface area contributed by atoms with E-state index in [1.807, 2.05) is 6.07 Å². The van der Waals surface area contributed by atoms with Gasteiger partial charge in [-0.25, -0.2) is 4.57 Å². The summed E-state index contributed by atoms with van der Waals surface area (Å²) in [5.74, 6) is -0.630. The summed E-state index contributed by atoms with van der Waals surface area (Å²) < 4.78 is 14.9. The van der Waals surface area contributed by atoms with Crippen molar-refractivity contribution in [1.29, 1.82) is 5.26 Å². The van der Waals surface area contributed by atoms with Crippen LogP contribution >= 0.6 is 7.82 Å². The molecule has 0 saturated heterocycles. The molecule has 0 saturated carbocycles. The fourth-order valence-electron chi connectivity index (χ4n) is 1.20. The molecule has 1 amide bonds. The molecule has 0 unspecified atom stereocenters. The van der Waals surface area contributed by atoms with Gasteiger partial charge in [0.05, 0.1) is 19.1 Å². The van der Waals surface area contributed by atoms with Crippen molar-refractivity contribution < 1.29 is 28.8 Å². The van der Waals surface area contributed by atoms with Gasteiger partial charge in [0.1, 0.15) is 6.10 Å². The van der Waals surface area contributed by atoms with Crippen LogP contribution in [-0.2, 0) is 13.9 Å². The van der Waals surface area contributed by atoms with Crippen molar-refractivity contribution in [3.63, 3.8) is 0 Å². The summed E-state index contributed by atoms with van der Waals surface area (Å²) in [6.45, 7) is 2.59. The summed E-state index contributed by atoms with van der Waals surface area (Å²) in [4.78, 5) is 30.2. The highest BCUT2D eigenvalue weighted by molar-refractivity contribution is 7.46. The zero-order valence-electron chi connectivity index (χ0n) is 11.1. The van der Waals surface area contributed by atoms with Crippen molar-refractivity contribution in [3.05, 3.63) is 0 Å². The van der Waals surface area contributed by atoms with Gasteiger partial charge in [-0.2, -0.15) is 5.26 Å². The first-order valence-electron chi connectivity index (χ1n) is 5.51. The molecule has 0 heterocycles. The van der Waals surface area contributed by atoms with E-state index in [0.717, 1.165) is 0 Å². The zero-order chi connectivity index (χ0) is 15.3. The molecule has 0 bridgehead atoms. The summed E-state index contributed by atoms with van der Waals surface area (Å²) >= 11 is 0. The van der Waals surface area contributed by atoms with Crippen molar-refractivity contribution in [2.75, 3.05) is 20.2 Å². The smallest absolute Gasteiger partial charge is 0.383 e. The topological polar surface area (TPSA) is 131 Å². The molecule has 9 heteroatoms. The van der Waals surface area contributed by atoms with Gasteiger partial charge in [-0.15, -0.1) is 0 Å². The number of rotatable bonds is 7. The third-order valence-corrected chi connectivity index (χ3v) is 2.98. The number of hydrogen-bond acceptors (Lipinski definition) is 5. The van der Waals surface area contributed by atoms with Gasteiger partial charge in [0.25, 0.3) is 5.91 Å². The molecule has 8 nitrogen and oxygen atoms in total. The van der Waals surface area contributed by atoms with Crippen molar-refractivity contribution in [3.8, 4) is 6.07 Å². The van der Waals surface area contributed by atoms with Crippen LogP contribution in [0.25, 0.3) is 0 Å². The second kappa shape index (κ2) is 6.98. The Balaban J connectivity index is 4.60. The molecule has 3 N–H and O–H groups in total. The highest BCUT2D eigenvalue weighted by Gasteiger charge is 2.37. The van der Waals surface area contributed by atoms with Gasteiger partial charge in [0, 0.05) is 19.0 Å². The number of phosphoric acid groups is 1. The van der Waals surface area contributed by atoms with Gasteiger partial charge in [0.2, 0.25) is 0 Å². The number of aliphatic hydroxyl groups excluding tert-OH is 1. The van der Waals surface area contributed by atoms with E-state index < -0.39 is 31.9 Å². The maximum Gasteiger partial charge on any atom is 0.469 e. The second-order valence-electron chi connectivity index (χ2n) is 4.82. The highest BCUT2D eigenvalue weighted by atomic mass is 31.2. The minimum absolute atomic E-state index is 0.133. The fourth-order valence-corrected chi connectivity index (χ4v) is 1.70. The Morgan fingerprint density at radius 1 is 1.53 bits per heavy atom. The average Bonchev–Trinajstić information content (AvgIpc) is 2.30. The SMILES string of the molecule is CN(CCC#N)C(=O)[C@H](O)C(C)(C)COP(=O)(O)O. The predicted molar refractivity (Wildman–Crippen MR) is 65.7 cm³/mol. The van der Waals surface area contributed by atoms with E-state index in [4.69, 9.17) is 15.0 Å². The molecule has 110 valence electrons. The number of carbonyl (C=O) groups excluding carboxylic acids is 1. The summed E-state index contributed by atoms with van der Waals surface area (Å²) in [7, 11) is -3.22. The monoisotopic (exact) mass is 294 g/mol. The Kier molecular flexibility index (Phi) is 6.63. The quantitative estimate of drug-likeness (QED) is 0.556. The number of phosphoric ester groups is 1. The van der Waals surface area contributed by atoms with Crippen LogP contribution in [0.2, 0.25) is 0 Å². The molecule has 0 radical (unpaired) electrons. The lowest BCUT2D eigenvalue weighted by Gasteiger charge is -2.31. The molecule has 0 aromatic carbocycles. The molecular weight excluding hydrogens is 275 g/mol. The third-order valence-electron chi connectivity index (χ3n) is 2.51. The minimum Gasteiger partial charge on any atom is -0.383 e. The Labute approximate surface area is 111 Å². The Bertz CT molecular complexity index is 399.